The van der Waals surface area contributed by atoms with Gasteiger partial charge in [0.05, 0.1) is 12.2 Å². The number of rotatable bonds is 0. The smallest absolute Gasteiger partial charge is 0.111 e. The Morgan fingerprint density at radius 2 is 2.13 bits per heavy atom. The first-order valence-electron chi connectivity index (χ1n) is 4.95. The Morgan fingerprint density at radius 1 is 1.33 bits per heavy atom. The molecule has 1 aromatic carbocycles. The molecule has 0 aromatic heterocycles. The quantitative estimate of drug-likeness (QED) is 0.519. The molecule has 0 spiro atoms. The summed E-state index contributed by atoms with van der Waals surface area (Å²) in [5.74, 6) is 5.87. The highest BCUT2D eigenvalue weighted by atomic mass is 15.5. The van der Waals surface area contributed by atoms with E-state index in [9.17, 15) is 0 Å². The van der Waals surface area contributed by atoms with E-state index >= 15 is 0 Å². The van der Waals surface area contributed by atoms with Crippen molar-refractivity contribution in [3.8, 4) is 0 Å². The number of anilines is 1. The maximum atomic E-state index is 5.99. The van der Waals surface area contributed by atoms with Gasteiger partial charge >= 0.3 is 0 Å². The molecule has 3 rings (SSSR count). The van der Waals surface area contributed by atoms with E-state index in [0.717, 1.165) is 11.3 Å². The molecule has 0 saturated heterocycles. The van der Waals surface area contributed by atoms with Crippen LogP contribution in [0.15, 0.2) is 29.3 Å². The molecule has 5 nitrogen and oxygen atoms in total. The lowest BCUT2D eigenvalue weighted by Crippen LogP contribution is -2.49. The SMILES string of the molecule is NC1Nc2ccccc2C2C1N=CN2N. The highest BCUT2D eigenvalue weighted by Gasteiger charge is 2.39. The van der Waals surface area contributed by atoms with Crippen LogP contribution < -0.4 is 16.9 Å². The van der Waals surface area contributed by atoms with Crippen molar-refractivity contribution in [3.63, 3.8) is 0 Å². The number of benzene rings is 1. The van der Waals surface area contributed by atoms with E-state index in [1.165, 1.54) is 0 Å². The monoisotopic (exact) mass is 203 g/mol. The highest BCUT2D eigenvalue weighted by Crippen LogP contribution is 2.37. The Morgan fingerprint density at radius 3 is 3.00 bits per heavy atom. The summed E-state index contributed by atoms with van der Waals surface area (Å²) >= 11 is 0. The van der Waals surface area contributed by atoms with Crippen molar-refractivity contribution in [2.75, 3.05) is 5.32 Å². The highest BCUT2D eigenvalue weighted by molar-refractivity contribution is 5.65. The third-order valence-corrected chi connectivity index (χ3v) is 2.99. The molecular formula is C10H13N5. The number of para-hydroxylation sites is 1. The van der Waals surface area contributed by atoms with Gasteiger partial charge in [0.25, 0.3) is 0 Å². The summed E-state index contributed by atoms with van der Waals surface area (Å²) in [6.45, 7) is 0. The molecule has 2 aliphatic rings. The van der Waals surface area contributed by atoms with Gasteiger partial charge in [-0.25, -0.2) is 5.84 Å². The Kier molecular flexibility index (Phi) is 1.71. The van der Waals surface area contributed by atoms with Crippen LogP contribution in [-0.2, 0) is 0 Å². The lowest BCUT2D eigenvalue weighted by molar-refractivity contribution is 0.299. The topological polar surface area (TPSA) is 79.7 Å². The second kappa shape index (κ2) is 2.95. The van der Waals surface area contributed by atoms with E-state index in [4.69, 9.17) is 11.6 Å². The summed E-state index contributed by atoms with van der Waals surface area (Å²) in [5, 5.41) is 4.86. The molecule has 78 valence electrons. The Labute approximate surface area is 87.7 Å². The van der Waals surface area contributed by atoms with Crippen molar-refractivity contribution in [2.45, 2.75) is 18.2 Å². The van der Waals surface area contributed by atoms with Crippen molar-refractivity contribution in [2.24, 2.45) is 16.6 Å². The second-order valence-electron chi connectivity index (χ2n) is 3.90. The van der Waals surface area contributed by atoms with Crippen LogP contribution in [0.3, 0.4) is 0 Å². The standard InChI is InChI=1S/C10H13N5/c11-10-8-9(15(12)5-13-8)6-3-1-2-4-7(6)14-10/h1-5,8-10,14H,11-12H2. The molecular weight excluding hydrogens is 190 g/mol. The maximum Gasteiger partial charge on any atom is 0.111 e. The predicted molar refractivity (Wildman–Crippen MR) is 59.1 cm³/mol. The van der Waals surface area contributed by atoms with E-state index < -0.39 is 0 Å². The predicted octanol–water partition coefficient (Wildman–Crippen LogP) is 0.0242. The molecule has 0 fully saturated rings. The normalized spacial score (nSPS) is 32.1. The number of hydrogen-bond acceptors (Lipinski definition) is 5. The van der Waals surface area contributed by atoms with Crippen molar-refractivity contribution in [3.05, 3.63) is 29.8 Å². The molecule has 2 heterocycles. The third kappa shape index (κ3) is 1.14. The first-order valence-corrected chi connectivity index (χ1v) is 4.95. The number of nitrogens with one attached hydrogen (secondary N) is 1. The zero-order valence-electron chi connectivity index (χ0n) is 8.17. The summed E-state index contributed by atoms with van der Waals surface area (Å²) in [6, 6.07) is 8.12. The van der Waals surface area contributed by atoms with Crippen molar-refractivity contribution >= 4 is 12.0 Å². The average Bonchev–Trinajstić information content (AvgIpc) is 2.62. The minimum absolute atomic E-state index is 0.00454. The molecule has 2 aliphatic heterocycles. The first-order chi connectivity index (χ1) is 7.27. The molecule has 15 heavy (non-hydrogen) atoms. The minimum Gasteiger partial charge on any atom is -0.368 e. The first kappa shape index (κ1) is 8.70. The van der Waals surface area contributed by atoms with Gasteiger partial charge in [-0.15, -0.1) is 0 Å². The van der Waals surface area contributed by atoms with Crippen LogP contribution in [0.2, 0.25) is 0 Å². The fraction of sp³-hybridized carbons (Fsp3) is 0.300. The van der Waals surface area contributed by atoms with Gasteiger partial charge in [0.2, 0.25) is 0 Å². The summed E-state index contributed by atoms with van der Waals surface area (Å²) in [6.07, 6.45) is 1.48. The number of nitrogens with zero attached hydrogens (tertiary/aromatic N) is 2. The molecule has 1 aromatic rings. The zero-order chi connectivity index (χ0) is 10.4. The van der Waals surface area contributed by atoms with Gasteiger partial charge < -0.3 is 11.1 Å². The second-order valence-corrected chi connectivity index (χ2v) is 3.90. The molecule has 0 amide bonds. The molecule has 0 bridgehead atoms. The van der Waals surface area contributed by atoms with Crippen LogP contribution >= 0.6 is 0 Å². The van der Waals surface area contributed by atoms with E-state index in [1.54, 1.807) is 11.3 Å². The Bertz CT molecular complexity index is 416. The molecule has 5 N–H and O–H groups in total. The largest absolute Gasteiger partial charge is 0.368 e. The van der Waals surface area contributed by atoms with E-state index in [0.29, 0.717) is 0 Å². The van der Waals surface area contributed by atoms with Gasteiger partial charge in [0, 0.05) is 11.3 Å². The number of aliphatic imine (C=N–C) groups is 1. The lowest BCUT2D eigenvalue weighted by Gasteiger charge is -2.35. The van der Waals surface area contributed by atoms with Crippen molar-refractivity contribution in [1.29, 1.82) is 0 Å². The van der Waals surface area contributed by atoms with Crippen molar-refractivity contribution in [1.82, 2.24) is 5.01 Å². The van der Waals surface area contributed by atoms with Crippen LogP contribution in [0.25, 0.3) is 0 Å². The van der Waals surface area contributed by atoms with Crippen LogP contribution in [0.5, 0.6) is 0 Å². The fourth-order valence-electron chi connectivity index (χ4n) is 2.27. The van der Waals surface area contributed by atoms with Crippen LogP contribution in [0.4, 0.5) is 5.69 Å². The average molecular weight is 203 g/mol. The molecule has 5 heteroatoms. The van der Waals surface area contributed by atoms with Crippen LogP contribution in [0.1, 0.15) is 11.6 Å². The van der Waals surface area contributed by atoms with Crippen molar-refractivity contribution < 1.29 is 0 Å². The summed E-state index contributed by atoms with van der Waals surface area (Å²) in [7, 11) is 0. The maximum absolute atomic E-state index is 5.99. The molecule has 0 aliphatic carbocycles. The zero-order valence-corrected chi connectivity index (χ0v) is 8.17. The Balaban J connectivity index is 2.11. The number of nitrogens with two attached hydrogens (primary N) is 2. The number of fused-ring (bicyclic) bond motifs is 3. The molecule has 0 saturated carbocycles. The summed E-state index contributed by atoms with van der Waals surface area (Å²) < 4.78 is 0. The van der Waals surface area contributed by atoms with Crippen LogP contribution in [0, 0.1) is 0 Å². The van der Waals surface area contributed by atoms with Gasteiger partial charge in [-0.2, -0.15) is 0 Å². The van der Waals surface area contributed by atoms with Gasteiger partial charge in [0.15, 0.2) is 0 Å². The summed E-state index contributed by atoms with van der Waals surface area (Å²) in [5.41, 5.74) is 8.19. The van der Waals surface area contributed by atoms with Gasteiger partial charge in [0.1, 0.15) is 12.4 Å². The molecule has 3 atom stereocenters. The molecule has 0 radical (unpaired) electrons. The van der Waals surface area contributed by atoms with Gasteiger partial charge in [-0.1, -0.05) is 18.2 Å². The number of hydrogen-bond donors (Lipinski definition) is 3. The van der Waals surface area contributed by atoms with E-state index in [2.05, 4.69) is 16.4 Å². The van der Waals surface area contributed by atoms with Gasteiger partial charge in [-0.3, -0.25) is 10.0 Å². The lowest BCUT2D eigenvalue weighted by atomic mass is 9.93. The van der Waals surface area contributed by atoms with Crippen LogP contribution in [-0.4, -0.2) is 23.6 Å². The van der Waals surface area contributed by atoms with Gasteiger partial charge in [-0.05, 0) is 6.07 Å². The van der Waals surface area contributed by atoms with E-state index in [1.807, 2.05) is 18.2 Å². The fourth-order valence-corrected chi connectivity index (χ4v) is 2.27. The number of hydrazine groups is 1. The summed E-state index contributed by atoms with van der Waals surface area (Å²) in [4.78, 5) is 4.31. The molecule has 3 unspecified atom stereocenters. The minimum atomic E-state index is -0.172. The third-order valence-electron chi connectivity index (χ3n) is 2.99. The Hall–Kier alpha value is -1.59. The van der Waals surface area contributed by atoms with E-state index in [-0.39, 0.29) is 18.2 Å².